The minimum Gasteiger partial charge on any atom is -0.350 e. The van der Waals surface area contributed by atoms with E-state index in [2.05, 4.69) is 10.3 Å². The van der Waals surface area contributed by atoms with Crippen LogP contribution in [0.5, 0.6) is 0 Å². The predicted octanol–water partition coefficient (Wildman–Crippen LogP) is 4.32. The summed E-state index contributed by atoms with van der Waals surface area (Å²) in [5.41, 5.74) is 2.84. The number of anilines is 1. The highest BCUT2D eigenvalue weighted by molar-refractivity contribution is 6.07. The van der Waals surface area contributed by atoms with Gasteiger partial charge in [0.05, 0.1) is 5.69 Å². The number of hydrogen-bond donors (Lipinski definition) is 2. The number of aromatic nitrogens is 1. The van der Waals surface area contributed by atoms with E-state index in [0.29, 0.717) is 5.69 Å². The number of aromatic amines is 1. The van der Waals surface area contributed by atoms with Gasteiger partial charge in [-0.1, -0.05) is 11.6 Å². The second kappa shape index (κ2) is 5.26. The van der Waals surface area contributed by atoms with Crippen molar-refractivity contribution in [3.8, 4) is 0 Å². The fraction of sp³-hybridized carbons (Fsp3) is 0.118. The van der Waals surface area contributed by atoms with Crippen molar-refractivity contribution in [2.75, 3.05) is 5.32 Å². The molecule has 0 fully saturated rings. The summed E-state index contributed by atoms with van der Waals surface area (Å²) in [7, 11) is 0. The van der Waals surface area contributed by atoms with Gasteiger partial charge in [-0.15, -0.1) is 0 Å². The molecule has 3 rings (SSSR count). The minimum absolute atomic E-state index is 0.181. The summed E-state index contributed by atoms with van der Waals surface area (Å²) in [6.07, 6.45) is 0. The summed E-state index contributed by atoms with van der Waals surface area (Å²) in [5.74, 6) is -1.80. The number of benzene rings is 2. The minimum atomic E-state index is -0.681. The maximum Gasteiger partial charge on any atom is 0.272 e. The first-order valence-corrected chi connectivity index (χ1v) is 6.81. The van der Waals surface area contributed by atoms with Crippen LogP contribution in [-0.4, -0.2) is 10.9 Å². The van der Waals surface area contributed by atoms with Gasteiger partial charge in [0.25, 0.3) is 5.91 Å². The lowest BCUT2D eigenvalue weighted by atomic mass is 10.1. The van der Waals surface area contributed by atoms with Crippen LogP contribution in [0.2, 0.25) is 0 Å². The quantitative estimate of drug-likeness (QED) is 0.727. The Morgan fingerprint density at radius 2 is 1.86 bits per heavy atom. The van der Waals surface area contributed by atoms with Crippen LogP contribution in [0.4, 0.5) is 14.5 Å². The lowest BCUT2D eigenvalue weighted by Crippen LogP contribution is -2.14. The maximum absolute atomic E-state index is 13.6. The molecule has 22 heavy (non-hydrogen) atoms. The zero-order chi connectivity index (χ0) is 15.9. The van der Waals surface area contributed by atoms with Crippen LogP contribution >= 0.6 is 0 Å². The van der Waals surface area contributed by atoms with Gasteiger partial charge in [0.1, 0.15) is 17.3 Å². The Labute approximate surface area is 126 Å². The van der Waals surface area contributed by atoms with Gasteiger partial charge in [-0.2, -0.15) is 0 Å². The Morgan fingerprint density at radius 1 is 1.09 bits per heavy atom. The number of amides is 1. The van der Waals surface area contributed by atoms with Crippen molar-refractivity contribution < 1.29 is 13.6 Å². The van der Waals surface area contributed by atoms with E-state index in [0.717, 1.165) is 40.2 Å². The van der Waals surface area contributed by atoms with Crippen molar-refractivity contribution in [1.82, 2.24) is 4.98 Å². The molecule has 0 aliphatic carbocycles. The van der Waals surface area contributed by atoms with E-state index < -0.39 is 17.5 Å². The molecule has 5 heteroatoms. The summed E-state index contributed by atoms with van der Waals surface area (Å²) in [4.78, 5) is 15.3. The van der Waals surface area contributed by atoms with Crippen molar-refractivity contribution in [3.05, 3.63) is 64.9 Å². The molecular formula is C17H14F2N2O. The van der Waals surface area contributed by atoms with Gasteiger partial charge in [0.15, 0.2) is 0 Å². The van der Waals surface area contributed by atoms with Gasteiger partial charge in [0.2, 0.25) is 0 Å². The van der Waals surface area contributed by atoms with E-state index in [1.54, 1.807) is 0 Å². The monoisotopic (exact) mass is 300 g/mol. The Balaban J connectivity index is 1.99. The van der Waals surface area contributed by atoms with Crippen molar-refractivity contribution in [3.63, 3.8) is 0 Å². The van der Waals surface area contributed by atoms with Crippen molar-refractivity contribution in [2.45, 2.75) is 13.8 Å². The molecule has 1 amide bonds. The first-order chi connectivity index (χ1) is 10.5. The fourth-order valence-electron chi connectivity index (χ4n) is 2.45. The number of carbonyl (C=O) groups is 1. The highest BCUT2D eigenvalue weighted by atomic mass is 19.1. The molecule has 0 aliphatic heterocycles. The molecule has 2 aromatic carbocycles. The summed E-state index contributed by atoms with van der Waals surface area (Å²) in [6, 6.07) is 8.73. The third-order valence-corrected chi connectivity index (χ3v) is 3.62. The van der Waals surface area contributed by atoms with E-state index >= 15 is 0 Å². The SMILES string of the molecule is Cc1ccc2[nH]c(C(=O)Nc3cc(F)ccc3F)c(C)c2c1. The Morgan fingerprint density at radius 3 is 2.64 bits per heavy atom. The number of rotatable bonds is 2. The number of hydrogen-bond acceptors (Lipinski definition) is 1. The van der Waals surface area contributed by atoms with Crippen LogP contribution in [0.15, 0.2) is 36.4 Å². The summed E-state index contributed by atoms with van der Waals surface area (Å²) in [5, 5.41) is 3.33. The van der Waals surface area contributed by atoms with Crippen LogP contribution in [0.25, 0.3) is 10.9 Å². The Kier molecular flexibility index (Phi) is 3.41. The maximum atomic E-state index is 13.6. The molecule has 2 N–H and O–H groups in total. The number of halogens is 2. The highest BCUT2D eigenvalue weighted by Gasteiger charge is 2.16. The molecule has 0 aliphatic rings. The summed E-state index contributed by atoms with van der Waals surface area (Å²) < 4.78 is 26.8. The second-order valence-corrected chi connectivity index (χ2v) is 5.25. The van der Waals surface area contributed by atoms with Gasteiger partial charge in [0, 0.05) is 17.0 Å². The van der Waals surface area contributed by atoms with Gasteiger partial charge in [-0.25, -0.2) is 8.78 Å². The van der Waals surface area contributed by atoms with Crippen LogP contribution in [-0.2, 0) is 0 Å². The molecule has 0 unspecified atom stereocenters. The number of fused-ring (bicyclic) bond motifs is 1. The standard InChI is InChI=1S/C17H14F2N2O/c1-9-3-6-14-12(7-9)10(2)16(20-14)17(22)21-15-8-11(18)4-5-13(15)19/h3-8,20H,1-2H3,(H,21,22). The van der Waals surface area contributed by atoms with Gasteiger partial charge >= 0.3 is 0 Å². The van der Waals surface area contributed by atoms with E-state index in [9.17, 15) is 13.6 Å². The summed E-state index contributed by atoms with van der Waals surface area (Å²) in [6.45, 7) is 3.78. The number of H-pyrrole nitrogens is 1. The van der Waals surface area contributed by atoms with Crippen LogP contribution < -0.4 is 5.32 Å². The molecule has 0 atom stereocenters. The molecule has 0 saturated carbocycles. The molecule has 1 aromatic heterocycles. The molecule has 0 bridgehead atoms. The van der Waals surface area contributed by atoms with E-state index in [4.69, 9.17) is 0 Å². The molecule has 0 spiro atoms. The second-order valence-electron chi connectivity index (χ2n) is 5.25. The Bertz CT molecular complexity index is 884. The molecule has 0 saturated heterocycles. The number of carbonyl (C=O) groups excluding carboxylic acids is 1. The lowest BCUT2D eigenvalue weighted by molar-refractivity contribution is 0.102. The lowest BCUT2D eigenvalue weighted by Gasteiger charge is -2.06. The predicted molar refractivity (Wildman–Crippen MR) is 82.1 cm³/mol. The molecule has 3 aromatic rings. The smallest absolute Gasteiger partial charge is 0.272 e. The van der Waals surface area contributed by atoms with Gasteiger partial charge < -0.3 is 10.3 Å². The average molecular weight is 300 g/mol. The highest BCUT2D eigenvalue weighted by Crippen LogP contribution is 2.24. The largest absolute Gasteiger partial charge is 0.350 e. The molecular weight excluding hydrogens is 286 g/mol. The topological polar surface area (TPSA) is 44.9 Å². The normalized spacial score (nSPS) is 10.9. The average Bonchev–Trinajstić information content (AvgIpc) is 2.80. The number of nitrogens with one attached hydrogen (secondary N) is 2. The fourth-order valence-corrected chi connectivity index (χ4v) is 2.45. The Hall–Kier alpha value is -2.69. The van der Waals surface area contributed by atoms with E-state index in [1.165, 1.54) is 0 Å². The molecule has 3 nitrogen and oxygen atoms in total. The van der Waals surface area contributed by atoms with E-state index in [1.807, 2.05) is 32.0 Å². The first-order valence-electron chi connectivity index (χ1n) is 6.81. The molecule has 112 valence electrons. The third kappa shape index (κ3) is 2.45. The molecule has 1 heterocycles. The first kappa shape index (κ1) is 14.3. The molecule has 0 radical (unpaired) electrons. The van der Waals surface area contributed by atoms with Crippen LogP contribution in [0.3, 0.4) is 0 Å². The van der Waals surface area contributed by atoms with Gasteiger partial charge in [-0.3, -0.25) is 4.79 Å². The van der Waals surface area contributed by atoms with Crippen LogP contribution in [0.1, 0.15) is 21.6 Å². The third-order valence-electron chi connectivity index (χ3n) is 3.62. The van der Waals surface area contributed by atoms with Crippen molar-refractivity contribution in [1.29, 1.82) is 0 Å². The summed E-state index contributed by atoms with van der Waals surface area (Å²) >= 11 is 0. The van der Waals surface area contributed by atoms with E-state index in [-0.39, 0.29) is 5.69 Å². The van der Waals surface area contributed by atoms with Crippen LogP contribution in [0, 0.1) is 25.5 Å². The van der Waals surface area contributed by atoms with Crippen molar-refractivity contribution >= 4 is 22.5 Å². The number of aryl methyl sites for hydroxylation is 2. The van der Waals surface area contributed by atoms with Gasteiger partial charge in [-0.05, 0) is 43.7 Å². The van der Waals surface area contributed by atoms with Crippen molar-refractivity contribution in [2.24, 2.45) is 0 Å². The zero-order valence-electron chi connectivity index (χ0n) is 12.1. The zero-order valence-corrected chi connectivity index (χ0v) is 12.1.